The van der Waals surface area contributed by atoms with Gasteiger partial charge in [0.2, 0.25) is 0 Å². The smallest absolute Gasteiger partial charge is 0.104 e. The lowest BCUT2D eigenvalue weighted by atomic mass is 10.1. The minimum Gasteiger partial charge on any atom is -1.00 e. The maximum atomic E-state index is 9.21. The van der Waals surface area contributed by atoms with Gasteiger partial charge in [-0.15, -0.1) is 0 Å². The maximum absolute atomic E-state index is 9.21. The first kappa shape index (κ1) is 23.4. The van der Waals surface area contributed by atoms with Gasteiger partial charge in [0.25, 0.3) is 0 Å². The summed E-state index contributed by atoms with van der Waals surface area (Å²) in [6.07, 6.45) is 11.5. The molecule has 0 aliphatic rings. The number of aliphatic hydroxyl groups excluding tert-OH is 1. The van der Waals surface area contributed by atoms with Crippen molar-refractivity contribution in [3.05, 3.63) is 35.9 Å². The number of nitrogens with zero attached hydrogens (tertiary/aromatic N) is 1. The van der Waals surface area contributed by atoms with Crippen molar-refractivity contribution in [1.82, 2.24) is 0 Å². The van der Waals surface area contributed by atoms with Crippen molar-refractivity contribution in [2.24, 2.45) is 0 Å². The van der Waals surface area contributed by atoms with Gasteiger partial charge in [0.15, 0.2) is 0 Å². The van der Waals surface area contributed by atoms with E-state index in [1.165, 1.54) is 63.5 Å². The molecule has 1 aromatic rings. The zero-order valence-electron chi connectivity index (χ0n) is 16.0. The minimum atomic E-state index is -0.118. The van der Waals surface area contributed by atoms with Gasteiger partial charge in [0, 0.05) is 5.56 Å². The van der Waals surface area contributed by atoms with Gasteiger partial charge < -0.3 is 22.0 Å². The Bertz CT molecular complexity index is 392. The Kier molecular flexibility index (Phi) is 13.4. The molecule has 0 fully saturated rings. The first-order valence-corrected chi connectivity index (χ1v) is 9.53. The fourth-order valence-electron chi connectivity index (χ4n) is 3.20. The summed E-state index contributed by atoms with van der Waals surface area (Å²) in [6.45, 7) is 4.28. The first-order chi connectivity index (χ1) is 11.0. The SMILES string of the molecule is CC(O)CCCCCCCCCC[N+](C)(C)Cc1ccccc1.[Cl-]. The summed E-state index contributed by atoms with van der Waals surface area (Å²) in [7, 11) is 4.68. The predicted molar refractivity (Wildman–Crippen MR) is 100 cm³/mol. The van der Waals surface area contributed by atoms with Gasteiger partial charge in [-0.25, -0.2) is 0 Å². The summed E-state index contributed by atoms with van der Waals surface area (Å²) in [6, 6.07) is 10.8. The molecule has 0 saturated heterocycles. The van der Waals surface area contributed by atoms with Crippen molar-refractivity contribution in [3.63, 3.8) is 0 Å². The lowest BCUT2D eigenvalue weighted by Crippen LogP contribution is -3.00. The number of hydrogen-bond donors (Lipinski definition) is 1. The Hall–Kier alpha value is -0.570. The van der Waals surface area contributed by atoms with Crippen molar-refractivity contribution in [2.45, 2.75) is 77.4 Å². The summed E-state index contributed by atoms with van der Waals surface area (Å²) in [4.78, 5) is 0. The van der Waals surface area contributed by atoms with Gasteiger partial charge in [0.1, 0.15) is 6.54 Å². The number of benzene rings is 1. The van der Waals surface area contributed by atoms with Crippen LogP contribution in [0.5, 0.6) is 0 Å². The molecule has 1 rings (SSSR count). The van der Waals surface area contributed by atoms with Crippen molar-refractivity contribution < 1.29 is 22.0 Å². The quantitative estimate of drug-likeness (QED) is 0.424. The zero-order valence-corrected chi connectivity index (χ0v) is 16.8. The molecule has 140 valence electrons. The second-order valence-corrected chi connectivity index (χ2v) is 7.77. The standard InChI is InChI=1S/C21H38NO.ClH/c1-20(23)15-11-8-6-4-5-7-9-14-18-22(2,3)19-21-16-12-10-13-17-21;/h10,12-13,16-17,20,23H,4-9,11,14-15,18-19H2,1-3H3;1H/q+1;/p-1. The molecule has 0 saturated carbocycles. The second-order valence-electron chi connectivity index (χ2n) is 7.77. The average molecular weight is 356 g/mol. The number of unbranched alkanes of at least 4 members (excludes halogenated alkanes) is 7. The number of rotatable bonds is 13. The maximum Gasteiger partial charge on any atom is 0.104 e. The van der Waals surface area contributed by atoms with Gasteiger partial charge >= 0.3 is 0 Å². The highest BCUT2D eigenvalue weighted by Crippen LogP contribution is 2.14. The molecule has 0 spiro atoms. The lowest BCUT2D eigenvalue weighted by molar-refractivity contribution is -0.903. The minimum absolute atomic E-state index is 0. The molecule has 1 N–H and O–H groups in total. The molecule has 3 heteroatoms. The fraction of sp³-hybridized carbons (Fsp3) is 0.714. The van der Waals surface area contributed by atoms with Gasteiger partial charge in [-0.05, 0) is 26.2 Å². The van der Waals surface area contributed by atoms with Crippen LogP contribution in [0.1, 0.15) is 70.3 Å². The summed E-state index contributed by atoms with van der Waals surface area (Å²) < 4.78 is 1.09. The monoisotopic (exact) mass is 355 g/mol. The number of quaternary nitrogens is 1. The van der Waals surface area contributed by atoms with Gasteiger partial charge in [-0.3, -0.25) is 0 Å². The molecule has 0 radical (unpaired) electrons. The lowest BCUT2D eigenvalue weighted by Gasteiger charge is -2.30. The molecule has 2 nitrogen and oxygen atoms in total. The van der Waals surface area contributed by atoms with E-state index in [0.29, 0.717) is 0 Å². The average Bonchev–Trinajstić information content (AvgIpc) is 2.49. The molecule has 0 heterocycles. The van der Waals surface area contributed by atoms with Crippen LogP contribution in [-0.4, -0.2) is 36.3 Å². The second kappa shape index (κ2) is 13.7. The van der Waals surface area contributed by atoms with E-state index in [1.54, 1.807) is 0 Å². The van der Waals surface area contributed by atoms with Crippen LogP contribution >= 0.6 is 0 Å². The van der Waals surface area contributed by atoms with Gasteiger partial charge in [-0.2, -0.15) is 0 Å². The van der Waals surface area contributed by atoms with Gasteiger partial charge in [0.05, 0.1) is 26.7 Å². The molecule has 0 aliphatic heterocycles. The van der Waals surface area contributed by atoms with E-state index in [4.69, 9.17) is 0 Å². The third-order valence-corrected chi connectivity index (χ3v) is 4.59. The Balaban J connectivity index is 0.00000529. The van der Waals surface area contributed by atoms with Crippen molar-refractivity contribution in [1.29, 1.82) is 0 Å². The Morgan fingerprint density at radius 3 is 1.88 bits per heavy atom. The van der Waals surface area contributed by atoms with Crippen molar-refractivity contribution in [2.75, 3.05) is 20.6 Å². The normalized spacial score (nSPS) is 12.7. The highest BCUT2D eigenvalue weighted by Gasteiger charge is 2.14. The summed E-state index contributed by atoms with van der Waals surface area (Å²) in [5, 5.41) is 9.21. The molecular weight excluding hydrogens is 318 g/mol. The van der Waals surface area contributed by atoms with Gasteiger partial charge in [-0.1, -0.05) is 68.9 Å². The van der Waals surface area contributed by atoms with E-state index in [1.807, 2.05) is 6.92 Å². The van der Waals surface area contributed by atoms with Crippen LogP contribution in [-0.2, 0) is 6.54 Å². The third-order valence-electron chi connectivity index (χ3n) is 4.59. The van der Waals surface area contributed by atoms with Crippen LogP contribution in [0.15, 0.2) is 30.3 Å². The molecular formula is C21H38ClNO. The summed E-state index contributed by atoms with van der Waals surface area (Å²) in [5.41, 5.74) is 1.44. The first-order valence-electron chi connectivity index (χ1n) is 9.53. The molecule has 0 aliphatic carbocycles. The fourth-order valence-corrected chi connectivity index (χ4v) is 3.20. The van der Waals surface area contributed by atoms with Crippen molar-refractivity contribution in [3.8, 4) is 0 Å². The van der Waals surface area contributed by atoms with E-state index in [0.717, 1.165) is 17.4 Å². The van der Waals surface area contributed by atoms with Crippen LogP contribution in [0.2, 0.25) is 0 Å². The largest absolute Gasteiger partial charge is 1.00 e. The third kappa shape index (κ3) is 12.8. The van der Waals surface area contributed by atoms with Crippen LogP contribution in [0.3, 0.4) is 0 Å². The van der Waals surface area contributed by atoms with Crippen molar-refractivity contribution >= 4 is 0 Å². The highest BCUT2D eigenvalue weighted by atomic mass is 35.5. The van der Waals surface area contributed by atoms with E-state index >= 15 is 0 Å². The number of aliphatic hydroxyl groups is 1. The zero-order chi connectivity index (χ0) is 17.0. The Morgan fingerprint density at radius 2 is 1.33 bits per heavy atom. The molecule has 1 unspecified atom stereocenters. The number of halogens is 1. The van der Waals surface area contributed by atoms with Crippen LogP contribution in [0, 0.1) is 0 Å². The van der Waals surface area contributed by atoms with E-state index < -0.39 is 0 Å². The molecule has 0 amide bonds. The molecule has 24 heavy (non-hydrogen) atoms. The van der Waals surface area contributed by atoms with Crippen LogP contribution in [0.25, 0.3) is 0 Å². The van der Waals surface area contributed by atoms with E-state index in [2.05, 4.69) is 44.4 Å². The van der Waals surface area contributed by atoms with Crippen LogP contribution in [0.4, 0.5) is 0 Å². The highest BCUT2D eigenvalue weighted by molar-refractivity contribution is 5.13. The molecule has 1 aromatic carbocycles. The Labute approximate surface area is 156 Å². The summed E-state index contributed by atoms with van der Waals surface area (Å²) >= 11 is 0. The molecule has 0 bridgehead atoms. The molecule has 0 aromatic heterocycles. The molecule has 1 atom stereocenters. The number of hydrogen-bond acceptors (Lipinski definition) is 1. The van der Waals surface area contributed by atoms with E-state index in [-0.39, 0.29) is 18.5 Å². The predicted octanol–water partition coefficient (Wildman–Crippen LogP) is 2.16. The topological polar surface area (TPSA) is 20.2 Å². The van der Waals surface area contributed by atoms with Crippen LogP contribution < -0.4 is 12.4 Å². The Morgan fingerprint density at radius 1 is 0.833 bits per heavy atom. The van der Waals surface area contributed by atoms with E-state index in [9.17, 15) is 5.11 Å². The summed E-state index contributed by atoms with van der Waals surface area (Å²) in [5.74, 6) is 0.